The van der Waals surface area contributed by atoms with E-state index >= 15 is 0 Å². The number of hydrogen-bond donors (Lipinski definition) is 3. The van der Waals surface area contributed by atoms with Crippen molar-refractivity contribution in [2.75, 3.05) is 18.4 Å². The Bertz CT molecular complexity index is 906. The summed E-state index contributed by atoms with van der Waals surface area (Å²) in [6, 6.07) is 2.09. The number of nitrogens with zero attached hydrogens (tertiary/aromatic N) is 4. The molecule has 0 bridgehead atoms. The van der Waals surface area contributed by atoms with Crippen LogP contribution in [0.3, 0.4) is 0 Å². The van der Waals surface area contributed by atoms with Crippen molar-refractivity contribution in [3.05, 3.63) is 29.5 Å². The summed E-state index contributed by atoms with van der Waals surface area (Å²) in [5, 5.41) is 30.7. The average Bonchev–Trinajstić information content (AvgIpc) is 2.96. The van der Waals surface area contributed by atoms with E-state index in [9.17, 15) is 28.2 Å². The Kier molecular flexibility index (Phi) is 5.11. The van der Waals surface area contributed by atoms with Crippen molar-refractivity contribution in [3.8, 4) is 17.0 Å². The zero-order valence-corrected chi connectivity index (χ0v) is 15.0. The Labute approximate surface area is 158 Å². The topological polar surface area (TPSA) is 111 Å². The number of aliphatic hydroxyl groups excluding tert-OH is 1. The number of halogens is 3. The molecule has 0 aliphatic carbocycles. The predicted molar refractivity (Wildman–Crippen MR) is 92.3 cm³/mol. The van der Waals surface area contributed by atoms with Crippen LogP contribution >= 0.6 is 0 Å². The normalized spacial score (nSPS) is 19.7. The van der Waals surface area contributed by atoms with Gasteiger partial charge in [-0.2, -0.15) is 13.2 Å². The van der Waals surface area contributed by atoms with Gasteiger partial charge in [-0.1, -0.05) is 0 Å². The van der Waals surface area contributed by atoms with Crippen LogP contribution in [0.4, 0.5) is 19.1 Å². The van der Waals surface area contributed by atoms with E-state index in [0.29, 0.717) is 11.8 Å². The zero-order valence-electron chi connectivity index (χ0n) is 15.0. The van der Waals surface area contributed by atoms with Gasteiger partial charge in [0.25, 0.3) is 0 Å². The Balaban J connectivity index is 1.81. The van der Waals surface area contributed by atoms with E-state index in [0.717, 1.165) is 12.1 Å². The van der Waals surface area contributed by atoms with Gasteiger partial charge in [-0.15, -0.1) is 10.2 Å². The number of likely N-dealkylation sites (tertiary alicyclic amines) is 1. The number of aryl methyl sites for hydroxylation is 1. The number of aromatic hydroxyl groups is 1. The number of carbonyl (C=O) groups is 1. The van der Waals surface area contributed by atoms with Gasteiger partial charge in [0.15, 0.2) is 0 Å². The fourth-order valence-electron chi connectivity index (χ4n) is 2.97. The van der Waals surface area contributed by atoms with Gasteiger partial charge in [0.05, 0.1) is 23.4 Å². The molecule has 2 aromatic rings. The van der Waals surface area contributed by atoms with Gasteiger partial charge in [-0.05, 0) is 25.1 Å². The van der Waals surface area contributed by atoms with Crippen molar-refractivity contribution in [2.24, 2.45) is 0 Å². The maximum atomic E-state index is 12.7. The minimum absolute atomic E-state index is 0.0701. The third-order valence-corrected chi connectivity index (χ3v) is 4.49. The smallest absolute Gasteiger partial charge is 0.416 e. The Hall–Kier alpha value is -2.95. The predicted octanol–water partition coefficient (Wildman–Crippen LogP) is 1.57. The highest BCUT2D eigenvalue weighted by Crippen LogP contribution is 2.36. The molecule has 28 heavy (non-hydrogen) atoms. The molecule has 3 rings (SSSR count). The second-order valence-corrected chi connectivity index (χ2v) is 6.54. The van der Waals surface area contributed by atoms with E-state index in [2.05, 4.69) is 20.5 Å². The van der Waals surface area contributed by atoms with Crippen LogP contribution in [0, 0.1) is 6.92 Å². The van der Waals surface area contributed by atoms with E-state index in [1.54, 1.807) is 6.92 Å². The molecule has 1 aliphatic rings. The first-order chi connectivity index (χ1) is 13.1. The first-order valence-corrected chi connectivity index (χ1v) is 8.38. The van der Waals surface area contributed by atoms with E-state index in [-0.39, 0.29) is 36.2 Å². The molecule has 1 aliphatic heterocycles. The quantitative estimate of drug-likeness (QED) is 0.721. The van der Waals surface area contributed by atoms with E-state index in [4.69, 9.17) is 0 Å². The molecule has 2 heterocycles. The number of β-amino-alcohol motifs (C(OH)–C–C–N with tert-alkyl or cyclic N) is 1. The van der Waals surface area contributed by atoms with Crippen LogP contribution in [0.2, 0.25) is 0 Å². The lowest BCUT2D eigenvalue weighted by atomic mass is 10.1. The lowest BCUT2D eigenvalue weighted by molar-refractivity contribution is -0.137. The minimum Gasteiger partial charge on any atom is -0.507 e. The van der Waals surface area contributed by atoms with Gasteiger partial charge >= 0.3 is 6.18 Å². The highest BCUT2D eigenvalue weighted by atomic mass is 19.4. The number of phenolic OH excluding ortho intramolecular Hbond substituents is 1. The summed E-state index contributed by atoms with van der Waals surface area (Å²) >= 11 is 0. The number of phenols is 1. The number of aliphatic hydroxyl groups is 1. The first-order valence-electron chi connectivity index (χ1n) is 8.38. The highest BCUT2D eigenvalue weighted by molar-refractivity contribution is 5.74. The third kappa shape index (κ3) is 3.98. The second kappa shape index (κ2) is 7.23. The SMILES string of the molecule is CC(=O)N1C[C@@H](O)[C@H](Nc2nnc(-c3ccc(C(F)(F)F)cc3O)c(C)n2)C1. The van der Waals surface area contributed by atoms with Crippen molar-refractivity contribution in [1.82, 2.24) is 20.1 Å². The van der Waals surface area contributed by atoms with Crippen LogP contribution in [0.15, 0.2) is 18.2 Å². The molecular weight excluding hydrogens is 379 g/mol. The van der Waals surface area contributed by atoms with Crippen molar-refractivity contribution in [2.45, 2.75) is 32.2 Å². The number of hydrogen-bond acceptors (Lipinski definition) is 7. The number of amides is 1. The van der Waals surface area contributed by atoms with Crippen LogP contribution in [0.1, 0.15) is 18.2 Å². The molecule has 0 spiro atoms. The lowest BCUT2D eigenvalue weighted by Crippen LogP contribution is -2.33. The summed E-state index contributed by atoms with van der Waals surface area (Å²) in [4.78, 5) is 17.1. The zero-order chi connectivity index (χ0) is 20.6. The van der Waals surface area contributed by atoms with Crippen LogP contribution in [-0.4, -0.2) is 61.4 Å². The maximum Gasteiger partial charge on any atom is 0.416 e. The Morgan fingerprint density at radius 3 is 2.54 bits per heavy atom. The van der Waals surface area contributed by atoms with Crippen LogP contribution in [0.5, 0.6) is 5.75 Å². The highest BCUT2D eigenvalue weighted by Gasteiger charge is 2.33. The van der Waals surface area contributed by atoms with E-state index in [1.807, 2.05) is 0 Å². The van der Waals surface area contributed by atoms with Crippen LogP contribution in [0.25, 0.3) is 11.3 Å². The summed E-state index contributed by atoms with van der Waals surface area (Å²) in [6.45, 7) is 3.44. The molecule has 1 aromatic carbocycles. The monoisotopic (exact) mass is 397 g/mol. The summed E-state index contributed by atoms with van der Waals surface area (Å²) in [7, 11) is 0. The molecule has 8 nitrogen and oxygen atoms in total. The fourth-order valence-corrected chi connectivity index (χ4v) is 2.97. The molecule has 0 saturated carbocycles. The molecule has 0 radical (unpaired) electrons. The number of alkyl halides is 3. The number of aromatic nitrogens is 3. The summed E-state index contributed by atoms with van der Waals surface area (Å²) in [6.07, 6.45) is -5.37. The molecule has 1 amide bonds. The molecular formula is C17H18F3N5O3. The molecule has 3 N–H and O–H groups in total. The van der Waals surface area contributed by atoms with E-state index < -0.39 is 29.6 Å². The molecule has 11 heteroatoms. The van der Waals surface area contributed by atoms with Gasteiger partial charge in [0.2, 0.25) is 11.9 Å². The van der Waals surface area contributed by atoms with Crippen LogP contribution < -0.4 is 5.32 Å². The van der Waals surface area contributed by atoms with Crippen molar-refractivity contribution >= 4 is 11.9 Å². The maximum absolute atomic E-state index is 12.7. The first kappa shape index (κ1) is 19.8. The van der Waals surface area contributed by atoms with Crippen LogP contribution in [-0.2, 0) is 11.0 Å². The molecule has 1 aromatic heterocycles. The summed E-state index contributed by atoms with van der Waals surface area (Å²) in [5.74, 6) is -0.646. The standard InChI is InChI=1S/C17H18F3N5O3/c1-8-15(11-4-3-10(5-13(11)27)17(18,19)20)23-24-16(21-8)22-12-6-25(9(2)26)7-14(12)28/h3-5,12,14,27-28H,6-7H2,1-2H3,(H,21,22,24)/t12-,14-/m1/s1. The Morgan fingerprint density at radius 2 is 2.00 bits per heavy atom. The van der Waals surface area contributed by atoms with Crippen molar-refractivity contribution in [3.63, 3.8) is 0 Å². The molecule has 150 valence electrons. The van der Waals surface area contributed by atoms with Gasteiger partial charge in [-0.3, -0.25) is 4.79 Å². The van der Waals surface area contributed by atoms with Crippen molar-refractivity contribution < 1.29 is 28.2 Å². The number of carbonyl (C=O) groups excluding carboxylic acids is 1. The summed E-state index contributed by atoms with van der Waals surface area (Å²) in [5.41, 5.74) is -0.450. The average molecular weight is 397 g/mol. The minimum atomic E-state index is -4.57. The lowest BCUT2D eigenvalue weighted by Gasteiger charge is -2.16. The second-order valence-electron chi connectivity index (χ2n) is 6.54. The number of nitrogens with one attached hydrogen (secondary N) is 1. The summed E-state index contributed by atoms with van der Waals surface area (Å²) < 4.78 is 38.2. The van der Waals surface area contributed by atoms with E-state index in [1.165, 1.54) is 11.8 Å². The van der Waals surface area contributed by atoms with Gasteiger partial charge < -0.3 is 20.4 Å². The number of rotatable bonds is 3. The molecule has 1 fully saturated rings. The number of benzene rings is 1. The number of anilines is 1. The van der Waals surface area contributed by atoms with Crippen molar-refractivity contribution in [1.29, 1.82) is 0 Å². The molecule has 1 saturated heterocycles. The van der Waals surface area contributed by atoms with Gasteiger partial charge in [-0.25, -0.2) is 4.98 Å². The Morgan fingerprint density at radius 1 is 1.29 bits per heavy atom. The van der Waals surface area contributed by atoms with Gasteiger partial charge in [0.1, 0.15) is 11.4 Å². The fraction of sp³-hybridized carbons (Fsp3) is 0.412. The molecule has 2 atom stereocenters. The molecule has 0 unspecified atom stereocenters. The largest absolute Gasteiger partial charge is 0.507 e. The van der Waals surface area contributed by atoms with Gasteiger partial charge in [0, 0.05) is 25.6 Å². The third-order valence-electron chi connectivity index (χ3n) is 4.49.